The van der Waals surface area contributed by atoms with Gasteiger partial charge in [0.05, 0.1) is 0 Å². The van der Waals surface area contributed by atoms with Crippen LogP contribution in [0.5, 0.6) is 0 Å². The second-order valence-corrected chi connectivity index (χ2v) is 10.4. The molecule has 1 aromatic heterocycles. The van der Waals surface area contributed by atoms with E-state index in [0.717, 1.165) is 50.9 Å². The smallest absolute Gasteiger partial charge is 0.369 e. The van der Waals surface area contributed by atoms with Gasteiger partial charge >= 0.3 is 12.4 Å². The lowest BCUT2D eigenvalue weighted by atomic mass is 9.86. The molecule has 5 rings (SSSR count). The molecule has 0 saturated carbocycles. The van der Waals surface area contributed by atoms with Crippen molar-refractivity contribution in [1.82, 2.24) is 14.8 Å². The lowest BCUT2D eigenvalue weighted by molar-refractivity contribution is -0.376. The lowest BCUT2D eigenvalue weighted by Gasteiger charge is -2.34. The maximum Gasteiger partial charge on any atom is 0.430 e. The van der Waals surface area contributed by atoms with Gasteiger partial charge < -0.3 is 5.11 Å². The van der Waals surface area contributed by atoms with Gasteiger partial charge in [0.2, 0.25) is 0 Å². The van der Waals surface area contributed by atoms with Crippen LogP contribution in [0, 0.1) is 0 Å². The summed E-state index contributed by atoms with van der Waals surface area (Å²) >= 11 is 0. The number of pyridine rings is 1. The molecule has 0 aliphatic carbocycles. The van der Waals surface area contributed by atoms with Crippen molar-refractivity contribution in [1.29, 1.82) is 0 Å². The van der Waals surface area contributed by atoms with Crippen LogP contribution in [0.25, 0.3) is 22.3 Å². The first-order valence-electron chi connectivity index (χ1n) is 13.4. The molecule has 1 aliphatic heterocycles. The molecule has 0 bridgehead atoms. The number of hydrogen-bond donors (Lipinski definition) is 1. The summed E-state index contributed by atoms with van der Waals surface area (Å²) in [5, 5.41) is 10.0. The summed E-state index contributed by atoms with van der Waals surface area (Å²) in [5.41, 5.74) is -2.37. The molecule has 1 N–H and O–H groups in total. The van der Waals surface area contributed by atoms with E-state index in [1.165, 1.54) is 11.6 Å². The average molecular weight is 586 g/mol. The highest BCUT2D eigenvalue weighted by atomic mass is 19.4. The third-order valence-corrected chi connectivity index (χ3v) is 7.63. The number of hydrogen-bond acceptors (Lipinski definition) is 4. The van der Waals surface area contributed by atoms with Gasteiger partial charge in [0, 0.05) is 57.2 Å². The van der Waals surface area contributed by atoms with Gasteiger partial charge in [-0.25, -0.2) is 0 Å². The predicted molar refractivity (Wildman–Crippen MR) is 148 cm³/mol. The van der Waals surface area contributed by atoms with Crippen molar-refractivity contribution in [2.75, 3.05) is 26.2 Å². The van der Waals surface area contributed by atoms with Crippen LogP contribution in [0.15, 0.2) is 97.3 Å². The summed E-state index contributed by atoms with van der Waals surface area (Å²) in [7, 11) is 0. The molecule has 0 unspecified atom stereocenters. The minimum absolute atomic E-state index is 0.151. The monoisotopic (exact) mass is 585 g/mol. The van der Waals surface area contributed by atoms with E-state index in [-0.39, 0.29) is 5.56 Å². The zero-order valence-electron chi connectivity index (χ0n) is 22.5. The Bertz CT molecular complexity index is 1450. The number of aromatic nitrogens is 1. The van der Waals surface area contributed by atoms with E-state index in [2.05, 4.69) is 14.8 Å². The Balaban J connectivity index is 1.36. The number of alkyl halides is 6. The van der Waals surface area contributed by atoms with Gasteiger partial charge in [-0.3, -0.25) is 14.8 Å². The quantitative estimate of drug-likeness (QED) is 0.236. The van der Waals surface area contributed by atoms with Crippen molar-refractivity contribution in [3.8, 4) is 22.3 Å². The first-order chi connectivity index (χ1) is 20.0. The highest BCUT2D eigenvalue weighted by Crippen LogP contribution is 2.51. The molecule has 42 heavy (non-hydrogen) atoms. The Morgan fingerprint density at radius 1 is 0.595 bits per heavy atom. The Morgan fingerprint density at radius 2 is 1.10 bits per heavy atom. The minimum atomic E-state index is -5.97. The van der Waals surface area contributed by atoms with Crippen LogP contribution in [-0.4, -0.2) is 58.4 Å². The Labute approximate surface area is 239 Å². The lowest BCUT2D eigenvalue weighted by Crippen LogP contribution is -2.53. The summed E-state index contributed by atoms with van der Waals surface area (Å²) in [6.07, 6.45) is -8.35. The van der Waals surface area contributed by atoms with E-state index in [9.17, 15) is 31.4 Å². The van der Waals surface area contributed by atoms with Crippen LogP contribution >= 0.6 is 0 Å². The molecule has 2 heterocycles. The molecular weight excluding hydrogens is 556 g/mol. The summed E-state index contributed by atoms with van der Waals surface area (Å²) < 4.78 is 81.7. The van der Waals surface area contributed by atoms with Crippen molar-refractivity contribution >= 4 is 0 Å². The number of benzene rings is 3. The summed E-state index contributed by atoms with van der Waals surface area (Å²) in [4.78, 5) is 8.79. The van der Waals surface area contributed by atoms with E-state index in [0.29, 0.717) is 22.8 Å². The van der Waals surface area contributed by atoms with Gasteiger partial charge in [-0.1, -0.05) is 66.7 Å². The number of piperazine rings is 1. The number of nitrogens with zero attached hydrogens (tertiary/aromatic N) is 3. The number of aliphatic hydroxyl groups is 1. The summed E-state index contributed by atoms with van der Waals surface area (Å²) in [6, 6.07) is 22.4. The zero-order chi connectivity index (χ0) is 30.0. The average Bonchev–Trinajstić information content (AvgIpc) is 2.98. The predicted octanol–water partition coefficient (Wildman–Crippen LogP) is 7.05. The third kappa shape index (κ3) is 6.21. The second kappa shape index (κ2) is 11.9. The van der Waals surface area contributed by atoms with Crippen molar-refractivity contribution in [3.05, 3.63) is 114 Å². The van der Waals surface area contributed by atoms with Gasteiger partial charge in [-0.15, -0.1) is 0 Å². The van der Waals surface area contributed by atoms with Gasteiger partial charge in [0.25, 0.3) is 5.60 Å². The van der Waals surface area contributed by atoms with E-state index in [1.54, 1.807) is 42.7 Å². The van der Waals surface area contributed by atoms with Gasteiger partial charge in [0.15, 0.2) is 0 Å². The van der Waals surface area contributed by atoms with E-state index in [4.69, 9.17) is 0 Å². The van der Waals surface area contributed by atoms with Crippen LogP contribution < -0.4 is 0 Å². The zero-order valence-corrected chi connectivity index (χ0v) is 22.5. The maximum absolute atomic E-state index is 13.6. The largest absolute Gasteiger partial charge is 0.430 e. The molecule has 0 radical (unpaired) electrons. The molecule has 10 heteroatoms. The van der Waals surface area contributed by atoms with Crippen LogP contribution in [-0.2, 0) is 18.7 Å². The van der Waals surface area contributed by atoms with Crippen LogP contribution in [0.3, 0.4) is 0 Å². The third-order valence-electron chi connectivity index (χ3n) is 7.63. The molecular formula is C32H29F6N3O. The van der Waals surface area contributed by atoms with Gasteiger partial charge in [-0.2, -0.15) is 26.3 Å². The van der Waals surface area contributed by atoms with Crippen molar-refractivity contribution in [2.45, 2.75) is 31.0 Å². The standard InChI is InChI=1S/C32H29F6N3O/c33-31(34,35)30(42,32(36,37)38)27-10-11-28(29(20-27)25-4-2-1-3-5-25)26-8-6-23(7-9-26)21-40-16-18-41(19-17-40)22-24-12-14-39-15-13-24/h1-15,20,42H,16-19,21-22H2. The normalized spacial score (nSPS) is 15.6. The van der Waals surface area contributed by atoms with E-state index in [1.807, 2.05) is 36.4 Å². The maximum atomic E-state index is 13.6. The summed E-state index contributed by atoms with van der Waals surface area (Å²) in [6.45, 7) is 5.24. The van der Waals surface area contributed by atoms with Crippen molar-refractivity contribution < 1.29 is 31.4 Å². The van der Waals surface area contributed by atoms with E-state index < -0.39 is 23.5 Å². The van der Waals surface area contributed by atoms with Crippen molar-refractivity contribution in [3.63, 3.8) is 0 Å². The molecule has 1 fully saturated rings. The number of halogens is 6. The van der Waals surface area contributed by atoms with Gasteiger partial charge in [-0.05, 0) is 51.6 Å². The highest BCUT2D eigenvalue weighted by molar-refractivity contribution is 5.84. The fraction of sp³-hybridized carbons (Fsp3) is 0.281. The molecule has 0 amide bonds. The topological polar surface area (TPSA) is 39.6 Å². The second-order valence-electron chi connectivity index (χ2n) is 10.4. The first kappa shape index (κ1) is 29.8. The molecule has 4 aromatic rings. The van der Waals surface area contributed by atoms with Crippen LogP contribution in [0.1, 0.15) is 16.7 Å². The highest BCUT2D eigenvalue weighted by Gasteiger charge is 2.71. The SMILES string of the molecule is OC(c1ccc(-c2ccc(CN3CCN(Cc4ccncc4)CC3)cc2)c(-c2ccccc2)c1)(C(F)(F)F)C(F)(F)F. The first-order valence-corrected chi connectivity index (χ1v) is 13.4. The molecule has 0 atom stereocenters. The molecule has 1 saturated heterocycles. The van der Waals surface area contributed by atoms with Gasteiger partial charge in [0.1, 0.15) is 0 Å². The minimum Gasteiger partial charge on any atom is -0.369 e. The Morgan fingerprint density at radius 3 is 1.62 bits per heavy atom. The van der Waals surface area contributed by atoms with Crippen LogP contribution in [0.2, 0.25) is 0 Å². The number of rotatable bonds is 7. The fourth-order valence-electron chi connectivity index (χ4n) is 5.27. The molecule has 220 valence electrons. The molecule has 1 aliphatic rings. The Hall–Kier alpha value is -3.73. The fourth-order valence-corrected chi connectivity index (χ4v) is 5.27. The van der Waals surface area contributed by atoms with Crippen molar-refractivity contribution in [2.24, 2.45) is 0 Å². The molecule has 4 nitrogen and oxygen atoms in total. The molecule has 3 aromatic carbocycles. The van der Waals surface area contributed by atoms with E-state index >= 15 is 0 Å². The van der Waals surface area contributed by atoms with Crippen LogP contribution in [0.4, 0.5) is 26.3 Å². The Kier molecular flexibility index (Phi) is 8.41. The summed E-state index contributed by atoms with van der Waals surface area (Å²) in [5.74, 6) is 0. The molecule has 0 spiro atoms.